The number of nitriles is 1. The Labute approximate surface area is 103 Å². The highest BCUT2D eigenvalue weighted by atomic mass is 14.7. The molecule has 0 amide bonds. The van der Waals surface area contributed by atoms with E-state index < -0.39 is 0 Å². The van der Waals surface area contributed by atoms with Crippen LogP contribution in [0.15, 0.2) is 36.7 Å². The van der Waals surface area contributed by atoms with Gasteiger partial charge in [0, 0.05) is 39.9 Å². The van der Waals surface area contributed by atoms with Gasteiger partial charge in [-0.05, 0) is 29.7 Å². The number of anilines is 2. The van der Waals surface area contributed by atoms with Gasteiger partial charge in [0.15, 0.2) is 0 Å². The maximum absolute atomic E-state index is 8.93. The Kier molecular flexibility index (Phi) is 2.07. The van der Waals surface area contributed by atoms with Crippen molar-refractivity contribution in [2.24, 2.45) is 0 Å². The monoisotopic (exact) mass is 234 g/mol. The van der Waals surface area contributed by atoms with Crippen LogP contribution in [0.5, 0.6) is 0 Å². The van der Waals surface area contributed by atoms with Crippen LogP contribution in [0, 0.1) is 11.3 Å². The molecule has 86 valence electrons. The van der Waals surface area contributed by atoms with Crippen LogP contribution in [0.25, 0.3) is 21.5 Å². The highest BCUT2D eigenvalue weighted by molar-refractivity contribution is 6.14. The summed E-state index contributed by atoms with van der Waals surface area (Å²) in [5.41, 5.74) is 13.9. The molecule has 0 spiro atoms. The Bertz CT molecular complexity index is 815. The summed E-state index contributed by atoms with van der Waals surface area (Å²) in [6.07, 6.45) is 3.36. The molecule has 0 atom stereocenters. The van der Waals surface area contributed by atoms with Crippen LogP contribution in [0.4, 0.5) is 11.4 Å². The first kappa shape index (κ1) is 10.4. The maximum atomic E-state index is 8.93. The van der Waals surface area contributed by atoms with E-state index in [0.29, 0.717) is 16.9 Å². The molecular weight excluding hydrogens is 224 g/mol. The molecule has 3 rings (SSSR count). The maximum Gasteiger partial charge on any atom is 0.0992 e. The first-order valence-electron chi connectivity index (χ1n) is 5.46. The summed E-state index contributed by atoms with van der Waals surface area (Å²) in [5, 5.41) is 12.4. The van der Waals surface area contributed by atoms with E-state index in [1.165, 1.54) is 0 Å². The lowest BCUT2D eigenvalue weighted by Crippen LogP contribution is -1.91. The van der Waals surface area contributed by atoms with E-state index in [9.17, 15) is 0 Å². The van der Waals surface area contributed by atoms with Gasteiger partial charge in [-0.25, -0.2) is 0 Å². The molecule has 0 fully saturated rings. The van der Waals surface area contributed by atoms with Crippen LogP contribution in [0.2, 0.25) is 0 Å². The number of nitrogen functional groups attached to an aromatic ring is 2. The van der Waals surface area contributed by atoms with Crippen molar-refractivity contribution >= 4 is 32.9 Å². The topological polar surface area (TPSA) is 88.7 Å². The van der Waals surface area contributed by atoms with Crippen molar-refractivity contribution in [3.63, 3.8) is 0 Å². The minimum Gasteiger partial charge on any atom is -0.398 e. The third-order valence-electron chi connectivity index (χ3n) is 3.05. The van der Waals surface area contributed by atoms with Gasteiger partial charge in [-0.3, -0.25) is 4.98 Å². The third kappa shape index (κ3) is 1.35. The van der Waals surface area contributed by atoms with E-state index in [1.807, 2.05) is 12.1 Å². The van der Waals surface area contributed by atoms with Crippen LogP contribution in [0.1, 0.15) is 5.56 Å². The number of rotatable bonds is 0. The zero-order chi connectivity index (χ0) is 12.7. The second kappa shape index (κ2) is 3.60. The van der Waals surface area contributed by atoms with Gasteiger partial charge in [0.2, 0.25) is 0 Å². The van der Waals surface area contributed by atoms with E-state index in [0.717, 1.165) is 21.5 Å². The minimum atomic E-state index is 0.585. The van der Waals surface area contributed by atoms with Crippen molar-refractivity contribution in [3.8, 4) is 6.07 Å². The smallest absolute Gasteiger partial charge is 0.0992 e. The zero-order valence-electron chi connectivity index (χ0n) is 9.51. The number of benzene rings is 1. The van der Waals surface area contributed by atoms with E-state index in [1.54, 1.807) is 24.5 Å². The Morgan fingerprint density at radius 3 is 2.72 bits per heavy atom. The molecule has 0 unspecified atom stereocenters. The average molecular weight is 234 g/mol. The molecule has 0 saturated heterocycles. The van der Waals surface area contributed by atoms with Crippen molar-refractivity contribution < 1.29 is 0 Å². The lowest BCUT2D eigenvalue weighted by molar-refractivity contribution is 1.38. The fourth-order valence-electron chi connectivity index (χ4n) is 2.23. The first-order valence-corrected chi connectivity index (χ1v) is 5.46. The molecule has 0 aliphatic carbocycles. The standard InChI is InChI=1S/C14H10N4/c15-6-8-3-9-5-10-7-18-2-1-12(16)13(10)14(17)11(9)4-8/h1-5,7H,16-17H2. The molecule has 2 aromatic carbocycles. The Balaban J connectivity index is 2.58. The molecule has 3 aromatic rings. The molecule has 4 N–H and O–H groups in total. The van der Waals surface area contributed by atoms with E-state index in [-0.39, 0.29) is 0 Å². The SMILES string of the molecule is N#Cc1cc2cc3cnccc(N)c3c(N)c2c1. The van der Waals surface area contributed by atoms with Crippen molar-refractivity contribution in [2.75, 3.05) is 11.5 Å². The third-order valence-corrected chi connectivity index (χ3v) is 3.05. The number of nitrogens with two attached hydrogens (primary N) is 2. The number of nitrogens with zero attached hydrogens (tertiary/aromatic N) is 2. The van der Waals surface area contributed by atoms with Crippen molar-refractivity contribution in [1.82, 2.24) is 4.98 Å². The predicted molar refractivity (Wildman–Crippen MR) is 72.8 cm³/mol. The first-order chi connectivity index (χ1) is 8.70. The summed E-state index contributed by atoms with van der Waals surface area (Å²) in [6.45, 7) is 0. The molecule has 0 radical (unpaired) electrons. The number of hydrogen-bond acceptors (Lipinski definition) is 4. The summed E-state index contributed by atoms with van der Waals surface area (Å²) >= 11 is 0. The lowest BCUT2D eigenvalue weighted by atomic mass is 10.1. The fourth-order valence-corrected chi connectivity index (χ4v) is 2.23. The van der Waals surface area contributed by atoms with Gasteiger partial charge in [0.05, 0.1) is 11.6 Å². The van der Waals surface area contributed by atoms with Crippen LogP contribution < -0.4 is 11.5 Å². The van der Waals surface area contributed by atoms with Crippen molar-refractivity contribution in [1.29, 1.82) is 5.26 Å². The second-order valence-electron chi connectivity index (χ2n) is 4.16. The number of fused-ring (bicyclic) bond motifs is 2. The molecular formula is C14H10N4. The molecule has 18 heavy (non-hydrogen) atoms. The highest BCUT2D eigenvalue weighted by Gasteiger charge is 2.09. The lowest BCUT2D eigenvalue weighted by Gasteiger charge is -2.03. The van der Waals surface area contributed by atoms with Crippen LogP contribution in [-0.2, 0) is 0 Å². The molecule has 0 aliphatic rings. The quantitative estimate of drug-likeness (QED) is 0.584. The van der Waals surface area contributed by atoms with E-state index >= 15 is 0 Å². The van der Waals surface area contributed by atoms with Gasteiger partial charge in [-0.15, -0.1) is 0 Å². The van der Waals surface area contributed by atoms with Crippen molar-refractivity contribution in [2.45, 2.75) is 0 Å². The van der Waals surface area contributed by atoms with E-state index in [2.05, 4.69) is 11.1 Å². The minimum absolute atomic E-state index is 0.585. The normalized spacial score (nSPS) is 10.6. The van der Waals surface area contributed by atoms with Gasteiger partial charge >= 0.3 is 0 Å². The molecule has 4 heteroatoms. The number of aromatic nitrogens is 1. The molecule has 0 aliphatic heterocycles. The highest BCUT2D eigenvalue weighted by Crippen LogP contribution is 2.34. The zero-order valence-corrected chi connectivity index (χ0v) is 9.51. The largest absolute Gasteiger partial charge is 0.398 e. The van der Waals surface area contributed by atoms with Gasteiger partial charge in [-0.1, -0.05) is 0 Å². The summed E-state index contributed by atoms with van der Waals surface area (Å²) in [4.78, 5) is 4.11. The average Bonchev–Trinajstić information content (AvgIpc) is 2.68. The Hall–Kier alpha value is -2.80. The van der Waals surface area contributed by atoms with Crippen LogP contribution in [0.3, 0.4) is 0 Å². The summed E-state index contributed by atoms with van der Waals surface area (Å²) < 4.78 is 0. The van der Waals surface area contributed by atoms with Crippen LogP contribution >= 0.6 is 0 Å². The molecule has 0 bridgehead atoms. The Morgan fingerprint density at radius 2 is 1.94 bits per heavy atom. The van der Waals surface area contributed by atoms with Gasteiger partial charge in [0.1, 0.15) is 0 Å². The van der Waals surface area contributed by atoms with Gasteiger partial charge in [-0.2, -0.15) is 5.26 Å². The number of hydrogen-bond donors (Lipinski definition) is 2. The Morgan fingerprint density at radius 1 is 1.11 bits per heavy atom. The van der Waals surface area contributed by atoms with Crippen molar-refractivity contribution in [3.05, 3.63) is 42.2 Å². The van der Waals surface area contributed by atoms with Gasteiger partial charge < -0.3 is 11.5 Å². The molecule has 0 saturated carbocycles. The fraction of sp³-hybridized carbons (Fsp3) is 0. The summed E-state index contributed by atoms with van der Waals surface area (Å²) in [6, 6.07) is 9.38. The molecule has 1 aromatic heterocycles. The van der Waals surface area contributed by atoms with E-state index in [4.69, 9.17) is 16.7 Å². The predicted octanol–water partition coefficient (Wildman–Crippen LogP) is 2.42. The molecule has 1 heterocycles. The van der Waals surface area contributed by atoms with Gasteiger partial charge in [0.25, 0.3) is 0 Å². The second-order valence-corrected chi connectivity index (χ2v) is 4.16. The van der Waals surface area contributed by atoms with Crippen LogP contribution in [-0.4, -0.2) is 4.98 Å². The molecule has 4 nitrogen and oxygen atoms in total. The summed E-state index contributed by atoms with van der Waals surface area (Å²) in [5.74, 6) is 0. The summed E-state index contributed by atoms with van der Waals surface area (Å²) in [7, 11) is 0.